The Morgan fingerprint density at radius 2 is 2.00 bits per heavy atom. The predicted molar refractivity (Wildman–Crippen MR) is 80.7 cm³/mol. The minimum atomic E-state index is -0.350. The Labute approximate surface area is 120 Å². The molecule has 2 N–H and O–H groups in total. The first-order valence-corrected chi connectivity index (χ1v) is 6.72. The van der Waals surface area contributed by atoms with Crippen molar-refractivity contribution in [3.63, 3.8) is 0 Å². The van der Waals surface area contributed by atoms with Crippen molar-refractivity contribution in [2.24, 2.45) is 4.99 Å². The fourth-order valence-electron chi connectivity index (χ4n) is 1.57. The quantitative estimate of drug-likeness (QED) is 0.658. The first-order valence-electron chi connectivity index (χ1n) is 6.72. The fraction of sp³-hybridized carbons (Fsp3) is 0.533. The fourth-order valence-corrected chi connectivity index (χ4v) is 1.57. The number of guanidine groups is 1. The molecule has 1 rings (SSSR count). The first-order chi connectivity index (χ1) is 9.31. The van der Waals surface area contributed by atoms with Crippen LogP contribution in [-0.4, -0.2) is 31.2 Å². The molecule has 0 spiro atoms. The van der Waals surface area contributed by atoms with Gasteiger partial charge in [0.05, 0.1) is 6.54 Å². The van der Waals surface area contributed by atoms with Crippen LogP contribution in [0.5, 0.6) is 5.75 Å². The lowest BCUT2D eigenvalue weighted by Gasteiger charge is -2.25. The molecule has 4 nitrogen and oxygen atoms in total. The van der Waals surface area contributed by atoms with E-state index in [2.05, 4.69) is 36.4 Å². The van der Waals surface area contributed by atoms with Crippen molar-refractivity contribution in [3.8, 4) is 5.75 Å². The maximum atomic E-state index is 13.5. The molecule has 0 bridgehead atoms. The SMILES string of the molecule is CN=C(NCC(C)Oc1ccccc1F)NC(C)(C)C. The van der Waals surface area contributed by atoms with Crippen LogP contribution in [-0.2, 0) is 0 Å². The van der Waals surface area contributed by atoms with Crippen LogP contribution in [0.15, 0.2) is 29.3 Å². The van der Waals surface area contributed by atoms with E-state index in [9.17, 15) is 4.39 Å². The molecule has 0 fully saturated rings. The average Bonchev–Trinajstić information content (AvgIpc) is 2.36. The van der Waals surface area contributed by atoms with Gasteiger partial charge in [-0.25, -0.2) is 4.39 Å². The summed E-state index contributed by atoms with van der Waals surface area (Å²) in [6, 6.07) is 6.39. The first kappa shape index (κ1) is 16.3. The monoisotopic (exact) mass is 281 g/mol. The van der Waals surface area contributed by atoms with Gasteiger partial charge in [0, 0.05) is 12.6 Å². The van der Waals surface area contributed by atoms with Gasteiger partial charge < -0.3 is 15.4 Å². The summed E-state index contributed by atoms with van der Waals surface area (Å²) >= 11 is 0. The minimum absolute atomic E-state index is 0.0719. The van der Waals surface area contributed by atoms with Crippen molar-refractivity contribution < 1.29 is 9.13 Å². The highest BCUT2D eigenvalue weighted by atomic mass is 19.1. The van der Waals surface area contributed by atoms with Crippen LogP contribution in [0.1, 0.15) is 27.7 Å². The third-order valence-corrected chi connectivity index (χ3v) is 2.44. The number of aliphatic imine (C=N–C) groups is 1. The van der Waals surface area contributed by atoms with Crippen LogP contribution in [0.2, 0.25) is 0 Å². The number of hydrogen-bond donors (Lipinski definition) is 2. The van der Waals surface area contributed by atoms with Crippen molar-refractivity contribution in [1.29, 1.82) is 0 Å². The molecule has 1 unspecified atom stereocenters. The second-order valence-electron chi connectivity index (χ2n) is 5.69. The highest BCUT2D eigenvalue weighted by molar-refractivity contribution is 5.80. The lowest BCUT2D eigenvalue weighted by molar-refractivity contribution is 0.213. The number of nitrogens with one attached hydrogen (secondary N) is 2. The van der Waals surface area contributed by atoms with E-state index in [0.717, 1.165) is 0 Å². The van der Waals surface area contributed by atoms with Crippen LogP contribution >= 0.6 is 0 Å². The van der Waals surface area contributed by atoms with Crippen molar-refractivity contribution >= 4 is 5.96 Å². The van der Waals surface area contributed by atoms with E-state index in [4.69, 9.17) is 4.74 Å². The second-order valence-corrected chi connectivity index (χ2v) is 5.69. The number of halogens is 1. The molecule has 1 aromatic carbocycles. The molecule has 0 saturated heterocycles. The maximum absolute atomic E-state index is 13.5. The average molecular weight is 281 g/mol. The molecule has 20 heavy (non-hydrogen) atoms. The molecule has 1 aromatic rings. The Morgan fingerprint density at radius 3 is 2.55 bits per heavy atom. The molecular formula is C15H24FN3O. The topological polar surface area (TPSA) is 45.7 Å². The van der Waals surface area contributed by atoms with E-state index in [1.807, 2.05) is 6.92 Å². The summed E-state index contributed by atoms with van der Waals surface area (Å²) < 4.78 is 19.0. The molecule has 0 aliphatic carbocycles. The minimum Gasteiger partial charge on any atom is -0.486 e. The predicted octanol–water partition coefficient (Wildman–Crippen LogP) is 2.56. The highest BCUT2D eigenvalue weighted by Crippen LogP contribution is 2.16. The van der Waals surface area contributed by atoms with Gasteiger partial charge in [-0.1, -0.05) is 12.1 Å². The van der Waals surface area contributed by atoms with Crippen molar-refractivity contribution in [1.82, 2.24) is 10.6 Å². The van der Waals surface area contributed by atoms with Crippen LogP contribution in [0.4, 0.5) is 4.39 Å². The lowest BCUT2D eigenvalue weighted by Crippen LogP contribution is -2.49. The van der Waals surface area contributed by atoms with E-state index in [0.29, 0.717) is 12.5 Å². The number of ether oxygens (including phenoxy) is 1. The molecule has 0 aromatic heterocycles. The Bertz CT molecular complexity index is 455. The third-order valence-electron chi connectivity index (χ3n) is 2.44. The summed E-state index contributed by atoms with van der Waals surface area (Å²) in [4.78, 5) is 4.13. The van der Waals surface area contributed by atoms with Gasteiger partial charge >= 0.3 is 0 Å². The van der Waals surface area contributed by atoms with E-state index < -0.39 is 0 Å². The Morgan fingerprint density at radius 1 is 1.35 bits per heavy atom. The highest BCUT2D eigenvalue weighted by Gasteiger charge is 2.13. The summed E-state index contributed by atoms with van der Waals surface area (Å²) in [5, 5.41) is 6.40. The molecule has 0 aliphatic rings. The van der Waals surface area contributed by atoms with Crippen molar-refractivity contribution in [2.75, 3.05) is 13.6 Å². The van der Waals surface area contributed by atoms with Gasteiger partial charge in [0.2, 0.25) is 0 Å². The molecule has 5 heteroatoms. The van der Waals surface area contributed by atoms with E-state index in [-0.39, 0.29) is 23.2 Å². The maximum Gasteiger partial charge on any atom is 0.191 e. The zero-order valence-electron chi connectivity index (χ0n) is 12.8. The number of hydrogen-bond acceptors (Lipinski definition) is 2. The zero-order chi connectivity index (χ0) is 15.2. The summed E-state index contributed by atoms with van der Waals surface area (Å²) in [5.41, 5.74) is -0.0719. The van der Waals surface area contributed by atoms with Crippen LogP contribution in [0.25, 0.3) is 0 Å². The second kappa shape index (κ2) is 7.12. The zero-order valence-corrected chi connectivity index (χ0v) is 12.8. The van der Waals surface area contributed by atoms with Crippen LogP contribution < -0.4 is 15.4 Å². The van der Waals surface area contributed by atoms with Crippen molar-refractivity contribution in [3.05, 3.63) is 30.1 Å². The van der Waals surface area contributed by atoms with Crippen LogP contribution in [0.3, 0.4) is 0 Å². The van der Waals surface area contributed by atoms with Gasteiger partial charge in [-0.2, -0.15) is 0 Å². The van der Waals surface area contributed by atoms with Crippen molar-refractivity contribution in [2.45, 2.75) is 39.3 Å². The Balaban J connectivity index is 2.47. The number of nitrogens with zero attached hydrogens (tertiary/aromatic N) is 1. The molecule has 0 radical (unpaired) electrons. The lowest BCUT2D eigenvalue weighted by atomic mass is 10.1. The van der Waals surface area contributed by atoms with Gasteiger partial charge in [-0.15, -0.1) is 0 Å². The smallest absolute Gasteiger partial charge is 0.191 e. The number of para-hydroxylation sites is 1. The molecule has 0 aliphatic heterocycles. The van der Waals surface area contributed by atoms with Gasteiger partial charge in [0.1, 0.15) is 6.10 Å². The molecular weight excluding hydrogens is 257 g/mol. The summed E-state index contributed by atoms with van der Waals surface area (Å²) in [5.74, 6) is 0.610. The third kappa shape index (κ3) is 5.91. The molecule has 112 valence electrons. The van der Waals surface area contributed by atoms with Gasteiger partial charge in [0.15, 0.2) is 17.5 Å². The van der Waals surface area contributed by atoms with E-state index in [1.54, 1.807) is 25.2 Å². The largest absolute Gasteiger partial charge is 0.486 e. The van der Waals surface area contributed by atoms with Crippen LogP contribution in [0, 0.1) is 5.82 Å². The number of benzene rings is 1. The van der Waals surface area contributed by atoms with Gasteiger partial charge in [-0.3, -0.25) is 4.99 Å². The summed E-state index contributed by atoms with van der Waals surface area (Å²) in [6.07, 6.45) is -0.176. The molecule has 0 amide bonds. The Hall–Kier alpha value is -1.78. The standard InChI is InChI=1S/C15H24FN3O/c1-11(20-13-9-7-6-8-12(13)16)10-18-14(17-5)19-15(2,3)4/h6-9,11H,10H2,1-5H3,(H2,17,18,19). The molecule has 0 heterocycles. The Kier molecular flexibility index (Phi) is 5.80. The normalized spacial score (nSPS) is 13.8. The van der Waals surface area contributed by atoms with E-state index in [1.165, 1.54) is 6.07 Å². The molecule has 1 atom stereocenters. The summed E-state index contributed by atoms with van der Waals surface area (Å²) in [6.45, 7) is 8.57. The summed E-state index contributed by atoms with van der Waals surface area (Å²) in [7, 11) is 1.71. The van der Waals surface area contributed by atoms with Gasteiger partial charge in [0.25, 0.3) is 0 Å². The number of rotatable bonds is 4. The van der Waals surface area contributed by atoms with E-state index >= 15 is 0 Å². The van der Waals surface area contributed by atoms with Gasteiger partial charge in [-0.05, 0) is 39.8 Å². The molecule has 0 saturated carbocycles.